The summed E-state index contributed by atoms with van der Waals surface area (Å²) in [6.07, 6.45) is 2.17. The second kappa shape index (κ2) is 9.62. The number of nitrogens with zero attached hydrogens (tertiary/aromatic N) is 1. The normalized spacial score (nSPS) is 17.2. The van der Waals surface area contributed by atoms with Gasteiger partial charge in [0.1, 0.15) is 5.82 Å². The topological polar surface area (TPSA) is 41.6 Å². The standard InChI is InChI=1S/C22H27FN2O2/c1-27-14-2-12-25-13-11-17(16-25)15-24-22(26)20-5-3-18(4-6-20)19-7-9-21(23)10-8-19/h3-10,17H,2,11-16H2,1H3,(H,24,26)/t17-/m0/s1. The molecular weight excluding hydrogens is 343 g/mol. The molecule has 0 saturated carbocycles. The fourth-order valence-corrected chi connectivity index (χ4v) is 3.51. The van der Waals surface area contributed by atoms with E-state index in [1.165, 1.54) is 12.1 Å². The summed E-state index contributed by atoms with van der Waals surface area (Å²) < 4.78 is 18.1. The minimum Gasteiger partial charge on any atom is -0.385 e. The number of carbonyl (C=O) groups is 1. The zero-order valence-corrected chi connectivity index (χ0v) is 15.8. The Morgan fingerprint density at radius 3 is 2.48 bits per heavy atom. The first-order valence-corrected chi connectivity index (χ1v) is 9.51. The van der Waals surface area contributed by atoms with E-state index in [4.69, 9.17) is 4.74 Å². The molecule has 1 amide bonds. The molecule has 3 rings (SSSR count). The minimum absolute atomic E-state index is 0.0431. The predicted molar refractivity (Wildman–Crippen MR) is 105 cm³/mol. The van der Waals surface area contributed by atoms with Crippen LogP contribution in [0.3, 0.4) is 0 Å². The van der Waals surface area contributed by atoms with Crippen molar-refractivity contribution in [2.45, 2.75) is 12.8 Å². The average molecular weight is 370 g/mol. The number of methoxy groups -OCH3 is 1. The van der Waals surface area contributed by atoms with Gasteiger partial charge >= 0.3 is 0 Å². The van der Waals surface area contributed by atoms with Crippen molar-refractivity contribution in [1.82, 2.24) is 10.2 Å². The number of ether oxygens (including phenoxy) is 1. The largest absolute Gasteiger partial charge is 0.385 e. The molecule has 5 heteroatoms. The molecule has 0 radical (unpaired) electrons. The summed E-state index contributed by atoms with van der Waals surface area (Å²) in [6.45, 7) is 4.69. The second-order valence-corrected chi connectivity index (χ2v) is 7.10. The molecule has 1 heterocycles. The van der Waals surface area contributed by atoms with Crippen LogP contribution in [0.5, 0.6) is 0 Å². The van der Waals surface area contributed by atoms with Crippen molar-refractivity contribution in [3.8, 4) is 11.1 Å². The highest BCUT2D eigenvalue weighted by molar-refractivity contribution is 5.94. The van der Waals surface area contributed by atoms with Crippen LogP contribution in [0, 0.1) is 11.7 Å². The Labute approximate surface area is 160 Å². The van der Waals surface area contributed by atoms with E-state index in [9.17, 15) is 9.18 Å². The number of amides is 1. The van der Waals surface area contributed by atoms with Crippen molar-refractivity contribution in [2.75, 3.05) is 39.9 Å². The van der Waals surface area contributed by atoms with Gasteiger partial charge in [-0.3, -0.25) is 4.79 Å². The third-order valence-corrected chi connectivity index (χ3v) is 5.07. The van der Waals surface area contributed by atoms with Gasteiger partial charge in [0.2, 0.25) is 0 Å². The van der Waals surface area contributed by atoms with E-state index in [0.29, 0.717) is 18.0 Å². The zero-order valence-electron chi connectivity index (χ0n) is 15.8. The molecule has 1 saturated heterocycles. The summed E-state index contributed by atoms with van der Waals surface area (Å²) in [5.74, 6) is 0.215. The molecule has 2 aromatic carbocycles. The fourth-order valence-electron chi connectivity index (χ4n) is 3.51. The van der Waals surface area contributed by atoms with Crippen LogP contribution < -0.4 is 5.32 Å². The molecule has 144 valence electrons. The number of nitrogens with one attached hydrogen (secondary N) is 1. The molecule has 1 aliphatic heterocycles. The summed E-state index contributed by atoms with van der Waals surface area (Å²) in [4.78, 5) is 14.8. The molecule has 2 aromatic rings. The molecule has 27 heavy (non-hydrogen) atoms. The number of halogens is 1. The van der Waals surface area contributed by atoms with Crippen LogP contribution in [0.25, 0.3) is 11.1 Å². The van der Waals surface area contributed by atoms with Gasteiger partial charge < -0.3 is 15.0 Å². The Hall–Kier alpha value is -2.24. The molecule has 1 aliphatic rings. The minimum atomic E-state index is -0.251. The molecule has 1 N–H and O–H groups in total. The lowest BCUT2D eigenvalue weighted by atomic mass is 10.0. The third-order valence-electron chi connectivity index (χ3n) is 5.07. The Morgan fingerprint density at radius 2 is 1.81 bits per heavy atom. The molecular formula is C22H27FN2O2. The first-order valence-electron chi connectivity index (χ1n) is 9.51. The number of carbonyl (C=O) groups excluding carboxylic acids is 1. The van der Waals surface area contributed by atoms with Crippen LogP contribution in [0.4, 0.5) is 4.39 Å². The van der Waals surface area contributed by atoms with E-state index >= 15 is 0 Å². The van der Waals surface area contributed by atoms with Crippen molar-refractivity contribution >= 4 is 5.91 Å². The van der Waals surface area contributed by atoms with E-state index in [1.54, 1.807) is 19.2 Å². The molecule has 1 fully saturated rings. The Bertz CT molecular complexity index is 731. The predicted octanol–water partition coefficient (Wildman–Crippen LogP) is 3.58. The molecule has 1 atom stereocenters. The maximum absolute atomic E-state index is 13.0. The van der Waals surface area contributed by atoms with E-state index in [1.807, 2.05) is 24.3 Å². The van der Waals surface area contributed by atoms with E-state index in [2.05, 4.69) is 10.2 Å². The van der Waals surface area contributed by atoms with Gasteiger partial charge in [-0.15, -0.1) is 0 Å². The van der Waals surface area contributed by atoms with Crippen LogP contribution in [0.1, 0.15) is 23.2 Å². The van der Waals surface area contributed by atoms with Gasteiger partial charge in [0.05, 0.1) is 0 Å². The summed E-state index contributed by atoms with van der Waals surface area (Å²) >= 11 is 0. The van der Waals surface area contributed by atoms with E-state index in [0.717, 1.165) is 50.2 Å². The second-order valence-electron chi connectivity index (χ2n) is 7.10. The van der Waals surface area contributed by atoms with Crippen molar-refractivity contribution in [3.63, 3.8) is 0 Å². The molecule has 0 aliphatic carbocycles. The number of benzene rings is 2. The number of hydrogen-bond acceptors (Lipinski definition) is 3. The first-order chi connectivity index (χ1) is 13.2. The summed E-state index contributed by atoms with van der Waals surface area (Å²) in [6, 6.07) is 13.8. The van der Waals surface area contributed by atoms with Gasteiger partial charge in [0, 0.05) is 38.9 Å². The molecule has 0 aromatic heterocycles. The molecule has 0 bridgehead atoms. The highest BCUT2D eigenvalue weighted by Gasteiger charge is 2.22. The SMILES string of the molecule is COCCCN1CC[C@@H](CNC(=O)c2ccc(-c3ccc(F)cc3)cc2)C1. The quantitative estimate of drug-likeness (QED) is 0.722. The van der Waals surface area contributed by atoms with Crippen molar-refractivity contribution in [3.05, 3.63) is 59.9 Å². The third kappa shape index (κ3) is 5.62. The van der Waals surface area contributed by atoms with Crippen LogP contribution >= 0.6 is 0 Å². The van der Waals surface area contributed by atoms with Crippen LogP contribution in [-0.2, 0) is 4.74 Å². The lowest BCUT2D eigenvalue weighted by Gasteiger charge is -2.16. The lowest BCUT2D eigenvalue weighted by Crippen LogP contribution is -2.31. The summed E-state index contributed by atoms with van der Waals surface area (Å²) in [5, 5.41) is 3.06. The van der Waals surface area contributed by atoms with Gasteiger partial charge in [-0.05, 0) is 60.7 Å². The average Bonchev–Trinajstić information content (AvgIpc) is 3.15. The Kier molecular flexibility index (Phi) is 6.96. The van der Waals surface area contributed by atoms with E-state index in [-0.39, 0.29) is 11.7 Å². The van der Waals surface area contributed by atoms with Crippen LogP contribution in [-0.4, -0.2) is 50.7 Å². The van der Waals surface area contributed by atoms with Gasteiger partial charge in [-0.25, -0.2) is 4.39 Å². The van der Waals surface area contributed by atoms with Gasteiger partial charge in [0.25, 0.3) is 5.91 Å². The monoisotopic (exact) mass is 370 g/mol. The van der Waals surface area contributed by atoms with Crippen molar-refractivity contribution in [2.24, 2.45) is 5.92 Å². The lowest BCUT2D eigenvalue weighted by molar-refractivity contribution is 0.0947. The highest BCUT2D eigenvalue weighted by atomic mass is 19.1. The molecule has 4 nitrogen and oxygen atoms in total. The number of hydrogen-bond donors (Lipinski definition) is 1. The Morgan fingerprint density at radius 1 is 1.15 bits per heavy atom. The summed E-state index contributed by atoms with van der Waals surface area (Å²) in [5.41, 5.74) is 2.55. The maximum Gasteiger partial charge on any atom is 0.251 e. The van der Waals surface area contributed by atoms with Crippen LogP contribution in [0.2, 0.25) is 0 Å². The van der Waals surface area contributed by atoms with Crippen molar-refractivity contribution < 1.29 is 13.9 Å². The van der Waals surface area contributed by atoms with Crippen LogP contribution in [0.15, 0.2) is 48.5 Å². The van der Waals surface area contributed by atoms with Gasteiger partial charge in [-0.1, -0.05) is 24.3 Å². The Balaban J connectivity index is 1.46. The van der Waals surface area contributed by atoms with Gasteiger partial charge in [-0.2, -0.15) is 0 Å². The molecule has 0 unspecified atom stereocenters. The van der Waals surface area contributed by atoms with Gasteiger partial charge in [0.15, 0.2) is 0 Å². The molecule has 0 spiro atoms. The zero-order chi connectivity index (χ0) is 19.1. The highest BCUT2D eigenvalue weighted by Crippen LogP contribution is 2.20. The maximum atomic E-state index is 13.0. The smallest absolute Gasteiger partial charge is 0.251 e. The fraction of sp³-hybridized carbons (Fsp3) is 0.409. The van der Waals surface area contributed by atoms with Crippen molar-refractivity contribution in [1.29, 1.82) is 0 Å². The summed E-state index contributed by atoms with van der Waals surface area (Å²) in [7, 11) is 1.73. The number of rotatable bonds is 8. The van der Waals surface area contributed by atoms with E-state index < -0.39 is 0 Å². The first kappa shape index (κ1) is 19.5. The number of likely N-dealkylation sites (tertiary alicyclic amines) is 1.